The lowest BCUT2D eigenvalue weighted by Crippen LogP contribution is -2.39. The molecule has 1 aromatic heterocycles. The standard InChI is InChI=1S/C24H20F3N4O/c1-14-7-18-19(20(8-14)24(25,26)27)12-31(21(18)32)17-6-4-5-16(9-17)23(10-15(2)11-23)22-29-28-13-30(22)3/h4-9,13H,1-2,10-12H2,3H3. The normalized spacial score (nSPS) is 17.5. The van der Waals surface area contributed by atoms with Crippen LogP contribution in [-0.2, 0) is 25.2 Å². The highest BCUT2D eigenvalue weighted by Crippen LogP contribution is 2.51. The zero-order valence-electron chi connectivity index (χ0n) is 17.4. The number of benzene rings is 2. The van der Waals surface area contributed by atoms with E-state index in [9.17, 15) is 18.0 Å². The zero-order valence-corrected chi connectivity index (χ0v) is 17.4. The molecule has 0 spiro atoms. The van der Waals surface area contributed by atoms with E-state index in [4.69, 9.17) is 0 Å². The van der Waals surface area contributed by atoms with Crippen LogP contribution < -0.4 is 4.90 Å². The van der Waals surface area contributed by atoms with Crippen molar-refractivity contribution in [2.24, 2.45) is 7.05 Å². The van der Waals surface area contributed by atoms with E-state index >= 15 is 0 Å². The Morgan fingerprint density at radius 3 is 2.53 bits per heavy atom. The summed E-state index contributed by atoms with van der Waals surface area (Å²) < 4.78 is 42.7. The highest BCUT2D eigenvalue weighted by Gasteiger charge is 2.47. The molecule has 0 atom stereocenters. The van der Waals surface area contributed by atoms with E-state index in [0.717, 1.165) is 23.0 Å². The molecule has 0 N–H and O–H groups in total. The third-order valence-corrected chi connectivity index (χ3v) is 6.36. The first-order valence-corrected chi connectivity index (χ1v) is 10.1. The highest BCUT2D eigenvalue weighted by molar-refractivity contribution is 6.10. The lowest BCUT2D eigenvalue weighted by molar-refractivity contribution is -0.138. The van der Waals surface area contributed by atoms with Crippen molar-refractivity contribution in [1.29, 1.82) is 0 Å². The Bertz CT molecular complexity index is 1270. The number of nitrogens with zero attached hydrogens (tertiary/aromatic N) is 4. The number of hydrogen-bond acceptors (Lipinski definition) is 3. The summed E-state index contributed by atoms with van der Waals surface area (Å²) in [6.45, 7) is 7.54. The van der Waals surface area contributed by atoms with Gasteiger partial charge < -0.3 is 9.47 Å². The zero-order chi connectivity index (χ0) is 22.8. The van der Waals surface area contributed by atoms with Crippen molar-refractivity contribution in [3.63, 3.8) is 0 Å². The number of hydrogen-bond donors (Lipinski definition) is 0. The second-order valence-electron chi connectivity index (χ2n) is 8.56. The minimum Gasteiger partial charge on any atom is -0.320 e. The summed E-state index contributed by atoms with van der Waals surface area (Å²) in [5.41, 5.74) is 1.52. The van der Waals surface area contributed by atoms with Crippen LogP contribution in [0.25, 0.3) is 0 Å². The van der Waals surface area contributed by atoms with Crippen molar-refractivity contribution in [2.45, 2.75) is 31.0 Å². The number of aromatic nitrogens is 3. The smallest absolute Gasteiger partial charge is 0.320 e. The van der Waals surface area contributed by atoms with Crippen LogP contribution in [0, 0.1) is 6.92 Å². The maximum absolute atomic E-state index is 13.6. The molecule has 2 heterocycles. The Labute approximate surface area is 183 Å². The topological polar surface area (TPSA) is 51.0 Å². The molecule has 1 aliphatic heterocycles. The van der Waals surface area contributed by atoms with E-state index in [1.807, 2.05) is 29.8 Å². The van der Waals surface area contributed by atoms with Crippen molar-refractivity contribution >= 4 is 11.6 Å². The molecule has 1 amide bonds. The quantitative estimate of drug-likeness (QED) is 0.553. The number of anilines is 1. The first kappa shape index (κ1) is 20.5. The van der Waals surface area contributed by atoms with Crippen molar-refractivity contribution < 1.29 is 18.0 Å². The van der Waals surface area contributed by atoms with Crippen LogP contribution in [0.2, 0.25) is 0 Å². The molecule has 0 unspecified atom stereocenters. The summed E-state index contributed by atoms with van der Waals surface area (Å²) in [6, 6.07) is 9.79. The van der Waals surface area contributed by atoms with Gasteiger partial charge in [-0.3, -0.25) is 4.79 Å². The van der Waals surface area contributed by atoms with Gasteiger partial charge in [0.05, 0.1) is 17.5 Å². The molecular weight excluding hydrogens is 417 g/mol. The number of rotatable bonds is 3. The van der Waals surface area contributed by atoms with Crippen molar-refractivity contribution in [1.82, 2.24) is 14.8 Å². The summed E-state index contributed by atoms with van der Waals surface area (Å²) in [5, 5.41) is 8.31. The Morgan fingerprint density at radius 1 is 1.16 bits per heavy atom. The largest absolute Gasteiger partial charge is 0.416 e. The molecule has 8 heteroatoms. The van der Waals surface area contributed by atoms with Gasteiger partial charge in [0.1, 0.15) is 12.2 Å². The Kier molecular flexibility index (Phi) is 4.34. The van der Waals surface area contributed by atoms with Crippen LogP contribution in [0.15, 0.2) is 54.9 Å². The SMILES string of the molecule is [CH2]c1cc2c(c(C(F)(F)F)c1)CN(c1cccc(C3(c4nncn4C)CC(=C)C3)c1)C2=O. The van der Waals surface area contributed by atoms with Crippen LogP contribution in [0.3, 0.4) is 0 Å². The van der Waals surface area contributed by atoms with Crippen LogP contribution in [0.1, 0.15) is 51.3 Å². The van der Waals surface area contributed by atoms with Gasteiger partial charge in [-0.25, -0.2) is 0 Å². The van der Waals surface area contributed by atoms with Gasteiger partial charge in [0.25, 0.3) is 5.91 Å². The summed E-state index contributed by atoms with van der Waals surface area (Å²) in [6.07, 6.45) is -1.53. The highest BCUT2D eigenvalue weighted by atomic mass is 19.4. The maximum atomic E-state index is 13.6. The first-order valence-electron chi connectivity index (χ1n) is 10.1. The molecule has 1 aliphatic carbocycles. The fourth-order valence-corrected chi connectivity index (χ4v) is 4.91. The minimum absolute atomic E-state index is 0.0136. The fraction of sp³-hybridized carbons (Fsp3) is 0.250. The summed E-state index contributed by atoms with van der Waals surface area (Å²) in [7, 11) is 1.87. The second-order valence-corrected chi connectivity index (χ2v) is 8.56. The van der Waals surface area contributed by atoms with Gasteiger partial charge in [0, 0.05) is 18.3 Å². The molecule has 32 heavy (non-hydrogen) atoms. The molecule has 0 saturated heterocycles. The lowest BCUT2D eigenvalue weighted by Gasteiger charge is -2.43. The molecule has 163 valence electrons. The molecule has 3 aromatic rings. The van der Waals surface area contributed by atoms with E-state index < -0.39 is 23.1 Å². The molecule has 5 rings (SSSR count). The molecular formula is C24H20F3N4O. The van der Waals surface area contributed by atoms with Gasteiger partial charge in [-0.2, -0.15) is 13.2 Å². The number of fused-ring (bicyclic) bond motifs is 1. The van der Waals surface area contributed by atoms with Gasteiger partial charge in [-0.05, 0) is 60.7 Å². The van der Waals surface area contributed by atoms with Gasteiger partial charge in [-0.15, -0.1) is 10.2 Å². The minimum atomic E-state index is -4.56. The monoisotopic (exact) mass is 437 g/mol. The third-order valence-electron chi connectivity index (χ3n) is 6.36. The predicted octanol–water partition coefficient (Wildman–Crippen LogP) is 4.81. The van der Waals surface area contributed by atoms with Crippen LogP contribution in [0.4, 0.5) is 18.9 Å². The molecule has 0 bridgehead atoms. The van der Waals surface area contributed by atoms with Crippen molar-refractivity contribution in [3.8, 4) is 0 Å². The van der Waals surface area contributed by atoms with Crippen LogP contribution in [0.5, 0.6) is 0 Å². The molecule has 1 saturated carbocycles. The fourth-order valence-electron chi connectivity index (χ4n) is 4.91. The number of aryl methyl sites for hydroxylation is 1. The number of alkyl halides is 3. The number of allylic oxidation sites excluding steroid dienone is 1. The Hall–Kier alpha value is -3.42. The van der Waals surface area contributed by atoms with Gasteiger partial charge in [0.2, 0.25) is 0 Å². The van der Waals surface area contributed by atoms with E-state index in [0.29, 0.717) is 18.5 Å². The van der Waals surface area contributed by atoms with E-state index in [2.05, 4.69) is 23.7 Å². The van der Waals surface area contributed by atoms with Gasteiger partial charge >= 0.3 is 6.18 Å². The van der Waals surface area contributed by atoms with Crippen LogP contribution >= 0.6 is 0 Å². The van der Waals surface area contributed by atoms with Crippen molar-refractivity contribution in [2.75, 3.05) is 4.90 Å². The van der Waals surface area contributed by atoms with Crippen LogP contribution in [-0.4, -0.2) is 20.7 Å². The molecule has 5 nitrogen and oxygen atoms in total. The van der Waals surface area contributed by atoms with Gasteiger partial charge in [-0.1, -0.05) is 24.3 Å². The summed E-state index contributed by atoms with van der Waals surface area (Å²) in [4.78, 5) is 14.5. The van der Waals surface area contributed by atoms with E-state index in [1.165, 1.54) is 11.0 Å². The average Bonchev–Trinajstić information content (AvgIpc) is 3.28. The summed E-state index contributed by atoms with van der Waals surface area (Å²) in [5.74, 6) is 0.331. The summed E-state index contributed by atoms with van der Waals surface area (Å²) >= 11 is 0. The first-order chi connectivity index (χ1) is 15.1. The number of carbonyl (C=O) groups excluding carboxylic acids is 1. The van der Waals surface area contributed by atoms with Gasteiger partial charge in [0.15, 0.2) is 0 Å². The third kappa shape index (κ3) is 2.97. The Morgan fingerprint density at radius 2 is 1.91 bits per heavy atom. The van der Waals surface area contributed by atoms with Crippen molar-refractivity contribution in [3.05, 3.63) is 95.4 Å². The maximum Gasteiger partial charge on any atom is 0.416 e. The molecule has 1 fully saturated rings. The van der Waals surface area contributed by atoms with E-state index in [-0.39, 0.29) is 23.2 Å². The number of carbonyl (C=O) groups is 1. The van der Waals surface area contributed by atoms with E-state index in [1.54, 1.807) is 12.4 Å². The Balaban J connectivity index is 1.57. The molecule has 2 aliphatic rings. The molecule has 1 radical (unpaired) electrons. The average molecular weight is 437 g/mol. The number of halogens is 3. The predicted molar refractivity (Wildman–Crippen MR) is 113 cm³/mol. The number of amides is 1. The lowest BCUT2D eigenvalue weighted by atomic mass is 9.61. The second kappa shape index (κ2) is 6.79. The molecule has 2 aromatic carbocycles.